The second kappa shape index (κ2) is 5.80. The van der Waals surface area contributed by atoms with Gasteiger partial charge in [0.2, 0.25) is 0 Å². The van der Waals surface area contributed by atoms with Crippen LogP contribution in [0, 0.1) is 13.8 Å². The molecule has 120 valence electrons. The fourth-order valence-corrected chi connectivity index (χ4v) is 10.2. The monoisotopic (exact) mass is 338 g/mol. The quantitative estimate of drug-likeness (QED) is 0.745. The summed E-state index contributed by atoms with van der Waals surface area (Å²) < 4.78 is 0. The molecule has 1 heterocycles. The lowest BCUT2D eigenvalue weighted by Crippen LogP contribution is -2.34. The van der Waals surface area contributed by atoms with Crippen LogP contribution in [0.2, 0.25) is 5.02 Å². The number of nitrogens with one attached hydrogen (secondary N) is 1. The number of hydrogen-bond acceptors (Lipinski definition) is 1. The number of rotatable bonds is 4. The van der Waals surface area contributed by atoms with Gasteiger partial charge in [-0.2, -0.15) is 0 Å². The molecule has 1 saturated carbocycles. The highest BCUT2D eigenvalue weighted by Gasteiger charge is 2.70. The molecule has 22 heavy (non-hydrogen) atoms. The van der Waals surface area contributed by atoms with E-state index in [1.165, 1.54) is 31.3 Å². The standard InChI is InChI=1S/C18H25ClNOP/c1-4-22(9-5-6-10-22)18(7-8-18)17(21)20-16-13(2)11-15(19)12-14(16)3/h11-12H,4-10H2,1-3H3/p+1. The molecule has 0 aromatic heterocycles. The molecule has 1 aromatic carbocycles. The third kappa shape index (κ3) is 2.49. The number of amides is 1. The largest absolute Gasteiger partial charge is 0.322 e. The molecule has 1 aliphatic heterocycles. The average Bonchev–Trinajstić information content (AvgIpc) is 3.15. The maximum atomic E-state index is 13.1. The Bertz CT molecular complexity index is 580. The summed E-state index contributed by atoms with van der Waals surface area (Å²) in [6, 6.07) is 3.87. The van der Waals surface area contributed by atoms with E-state index < -0.39 is 7.26 Å². The SMILES string of the molecule is CC[P+]1(C2(C(=O)Nc3c(C)cc(Cl)cc3C)CC2)CCCC1. The summed E-state index contributed by atoms with van der Waals surface area (Å²) >= 11 is 6.10. The normalized spacial score (nSPS) is 21.6. The number of hydrogen-bond donors (Lipinski definition) is 1. The van der Waals surface area contributed by atoms with E-state index in [0.717, 1.165) is 34.7 Å². The predicted molar refractivity (Wildman–Crippen MR) is 97.9 cm³/mol. The van der Waals surface area contributed by atoms with Crippen LogP contribution >= 0.6 is 18.9 Å². The Morgan fingerprint density at radius 1 is 1.23 bits per heavy atom. The topological polar surface area (TPSA) is 29.1 Å². The van der Waals surface area contributed by atoms with Crippen molar-refractivity contribution in [1.82, 2.24) is 0 Å². The van der Waals surface area contributed by atoms with Crippen LogP contribution in [-0.4, -0.2) is 29.5 Å². The van der Waals surface area contributed by atoms with Crippen molar-refractivity contribution in [2.75, 3.05) is 23.8 Å². The van der Waals surface area contributed by atoms with E-state index in [-0.39, 0.29) is 11.1 Å². The van der Waals surface area contributed by atoms with E-state index in [2.05, 4.69) is 12.2 Å². The van der Waals surface area contributed by atoms with Crippen LogP contribution in [0.3, 0.4) is 0 Å². The molecular weight excluding hydrogens is 313 g/mol. The van der Waals surface area contributed by atoms with Crippen molar-refractivity contribution >= 4 is 30.5 Å². The van der Waals surface area contributed by atoms with Gasteiger partial charge in [0.15, 0.2) is 5.16 Å². The number of aryl methyl sites for hydroxylation is 2. The maximum absolute atomic E-state index is 13.1. The minimum atomic E-state index is -1.09. The average molecular weight is 339 g/mol. The molecule has 3 rings (SSSR count). The third-order valence-electron chi connectivity index (χ3n) is 5.82. The highest BCUT2D eigenvalue weighted by Crippen LogP contribution is 2.80. The van der Waals surface area contributed by atoms with Crippen molar-refractivity contribution in [2.24, 2.45) is 0 Å². The predicted octanol–water partition coefficient (Wildman–Crippen LogP) is 5.26. The first-order valence-electron chi connectivity index (χ1n) is 8.38. The second-order valence-electron chi connectivity index (χ2n) is 7.02. The zero-order valence-corrected chi connectivity index (χ0v) is 15.5. The molecule has 1 N–H and O–H groups in total. The van der Waals surface area contributed by atoms with Gasteiger partial charge >= 0.3 is 0 Å². The number of halogens is 1. The number of benzene rings is 1. The van der Waals surface area contributed by atoms with E-state index in [1.807, 2.05) is 26.0 Å². The van der Waals surface area contributed by atoms with E-state index >= 15 is 0 Å². The Morgan fingerprint density at radius 2 is 1.77 bits per heavy atom. The fourth-order valence-electron chi connectivity index (χ4n) is 4.36. The van der Waals surface area contributed by atoms with Gasteiger partial charge in [-0.1, -0.05) is 11.6 Å². The molecule has 2 aliphatic rings. The lowest BCUT2D eigenvalue weighted by Gasteiger charge is -2.30. The molecule has 0 unspecified atom stereocenters. The van der Waals surface area contributed by atoms with Crippen molar-refractivity contribution in [2.45, 2.75) is 51.6 Å². The summed E-state index contributed by atoms with van der Waals surface area (Å²) in [6.07, 6.45) is 8.76. The number of carbonyl (C=O) groups is 1. The molecule has 1 aliphatic carbocycles. The van der Waals surface area contributed by atoms with Crippen LogP contribution in [0.15, 0.2) is 12.1 Å². The maximum Gasteiger partial charge on any atom is 0.268 e. The first-order chi connectivity index (χ1) is 10.4. The van der Waals surface area contributed by atoms with Crippen LogP contribution in [0.5, 0.6) is 0 Å². The zero-order valence-electron chi connectivity index (χ0n) is 13.8. The third-order valence-corrected chi connectivity index (χ3v) is 12.1. The molecule has 0 bridgehead atoms. The summed E-state index contributed by atoms with van der Waals surface area (Å²) in [5, 5.41) is 4.01. The number of carbonyl (C=O) groups excluding carboxylic acids is 1. The van der Waals surface area contributed by atoms with Crippen LogP contribution in [-0.2, 0) is 4.79 Å². The summed E-state index contributed by atoms with van der Waals surface area (Å²) in [6.45, 7) is 6.36. The minimum absolute atomic E-state index is 0.00321. The van der Waals surface area contributed by atoms with Gasteiger partial charge in [0.1, 0.15) is 0 Å². The first-order valence-corrected chi connectivity index (χ1v) is 11.1. The van der Waals surface area contributed by atoms with Crippen LogP contribution in [0.25, 0.3) is 0 Å². The molecule has 0 spiro atoms. The fraction of sp³-hybridized carbons (Fsp3) is 0.611. The summed E-state index contributed by atoms with van der Waals surface area (Å²) in [5.74, 6) is 0.290. The Labute approximate surface area is 139 Å². The van der Waals surface area contributed by atoms with Crippen LogP contribution < -0.4 is 5.32 Å². The van der Waals surface area contributed by atoms with Gasteiger partial charge in [0, 0.05) is 30.8 Å². The zero-order chi connectivity index (χ0) is 16.0. The number of anilines is 1. The van der Waals surface area contributed by atoms with E-state index in [4.69, 9.17) is 11.6 Å². The minimum Gasteiger partial charge on any atom is -0.322 e. The molecule has 1 saturated heterocycles. The molecular formula is C18H26ClNOP+. The molecule has 2 nitrogen and oxygen atoms in total. The first kappa shape index (κ1) is 16.3. The van der Waals surface area contributed by atoms with Crippen molar-refractivity contribution in [3.8, 4) is 0 Å². The Hall–Kier alpha value is -0.590. The highest BCUT2D eigenvalue weighted by molar-refractivity contribution is 7.78. The van der Waals surface area contributed by atoms with E-state index in [1.54, 1.807) is 0 Å². The van der Waals surface area contributed by atoms with Gasteiger partial charge in [-0.25, -0.2) is 0 Å². The van der Waals surface area contributed by atoms with Gasteiger partial charge < -0.3 is 5.32 Å². The molecule has 2 fully saturated rings. The molecule has 0 radical (unpaired) electrons. The van der Waals surface area contributed by atoms with Gasteiger partial charge in [-0.3, -0.25) is 4.79 Å². The van der Waals surface area contributed by atoms with Gasteiger partial charge in [0.05, 0.1) is 18.5 Å². The van der Waals surface area contributed by atoms with Crippen LogP contribution in [0.4, 0.5) is 5.69 Å². The Morgan fingerprint density at radius 3 is 2.23 bits per heavy atom. The van der Waals surface area contributed by atoms with Crippen molar-refractivity contribution in [3.05, 3.63) is 28.3 Å². The highest BCUT2D eigenvalue weighted by atomic mass is 35.5. The van der Waals surface area contributed by atoms with Gasteiger partial charge in [0.25, 0.3) is 5.91 Å². The van der Waals surface area contributed by atoms with Gasteiger partial charge in [-0.15, -0.1) is 0 Å². The lowest BCUT2D eigenvalue weighted by atomic mass is 10.1. The Kier molecular flexibility index (Phi) is 4.29. The second-order valence-corrected chi connectivity index (χ2v) is 12.1. The molecule has 0 atom stereocenters. The molecule has 1 amide bonds. The van der Waals surface area contributed by atoms with Crippen LogP contribution in [0.1, 0.15) is 43.7 Å². The molecule has 1 aromatic rings. The smallest absolute Gasteiger partial charge is 0.268 e. The van der Waals surface area contributed by atoms with E-state index in [0.29, 0.717) is 0 Å². The summed E-state index contributed by atoms with van der Waals surface area (Å²) in [4.78, 5) is 13.1. The van der Waals surface area contributed by atoms with Gasteiger partial charge in [-0.05, 0) is 56.9 Å². The van der Waals surface area contributed by atoms with Crippen molar-refractivity contribution in [1.29, 1.82) is 0 Å². The summed E-state index contributed by atoms with van der Waals surface area (Å²) in [5.41, 5.74) is 3.09. The van der Waals surface area contributed by atoms with Crippen molar-refractivity contribution < 1.29 is 4.79 Å². The molecule has 4 heteroatoms. The summed E-state index contributed by atoms with van der Waals surface area (Å²) in [7, 11) is -1.09. The Balaban J connectivity index is 1.86. The van der Waals surface area contributed by atoms with E-state index in [9.17, 15) is 4.79 Å². The van der Waals surface area contributed by atoms with Crippen molar-refractivity contribution in [3.63, 3.8) is 0 Å². The lowest BCUT2D eigenvalue weighted by molar-refractivity contribution is -0.116.